The summed E-state index contributed by atoms with van der Waals surface area (Å²) >= 11 is 0. The lowest BCUT2D eigenvalue weighted by Gasteiger charge is -2.22. The average Bonchev–Trinajstić information content (AvgIpc) is 3.38. The highest BCUT2D eigenvalue weighted by molar-refractivity contribution is 5.29. The summed E-state index contributed by atoms with van der Waals surface area (Å²) in [6.07, 6.45) is 2.06. The second-order valence-electron chi connectivity index (χ2n) is 9.62. The molecule has 2 fully saturated rings. The van der Waals surface area contributed by atoms with Crippen molar-refractivity contribution < 1.29 is 14.6 Å². The molecule has 172 valence electrons. The summed E-state index contributed by atoms with van der Waals surface area (Å²) < 4.78 is 12.1. The van der Waals surface area contributed by atoms with E-state index in [1.54, 1.807) is 0 Å². The number of benzene rings is 3. The topological polar surface area (TPSA) is 41.9 Å². The Bertz CT molecular complexity index is 1000. The third-order valence-electron chi connectivity index (χ3n) is 7.05. The van der Waals surface area contributed by atoms with E-state index in [2.05, 4.69) is 48.2 Å². The third-order valence-corrected chi connectivity index (χ3v) is 7.05. The van der Waals surface area contributed by atoms with Crippen LogP contribution >= 0.6 is 0 Å². The van der Waals surface area contributed by atoms with Crippen molar-refractivity contribution in [3.8, 4) is 11.5 Å². The van der Waals surface area contributed by atoms with Crippen LogP contribution in [0.2, 0.25) is 0 Å². The molecule has 1 aliphatic heterocycles. The normalized spacial score (nSPS) is 23.3. The minimum Gasteiger partial charge on any atom is -0.490 e. The first-order valence-corrected chi connectivity index (χ1v) is 12.0. The summed E-state index contributed by atoms with van der Waals surface area (Å²) in [6.45, 7) is 5.43. The summed E-state index contributed by atoms with van der Waals surface area (Å²) in [7, 11) is 0. The van der Waals surface area contributed by atoms with Crippen LogP contribution in [-0.2, 0) is 6.61 Å². The Morgan fingerprint density at radius 1 is 0.848 bits per heavy atom. The quantitative estimate of drug-likeness (QED) is 0.506. The Morgan fingerprint density at radius 2 is 1.48 bits per heavy atom. The van der Waals surface area contributed by atoms with Gasteiger partial charge in [-0.3, -0.25) is 4.90 Å². The van der Waals surface area contributed by atoms with Crippen LogP contribution in [0.25, 0.3) is 0 Å². The van der Waals surface area contributed by atoms with Gasteiger partial charge in [-0.25, -0.2) is 0 Å². The number of likely N-dealkylation sites (tertiary alicyclic amines) is 1. The maximum atomic E-state index is 10.8. The molecule has 33 heavy (non-hydrogen) atoms. The molecule has 0 amide bonds. The largest absolute Gasteiger partial charge is 0.490 e. The molecular formula is C29H33NO3. The van der Waals surface area contributed by atoms with Gasteiger partial charge in [-0.05, 0) is 67.0 Å². The number of ether oxygens (including phenoxy) is 2. The number of aliphatic hydroxyl groups excluding tert-OH is 1. The molecule has 3 aromatic rings. The van der Waals surface area contributed by atoms with Gasteiger partial charge in [0.2, 0.25) is 0 Å². The smallest absolute Gasteiger partial charge is 0.119 e. The summed E-state index contributed by atoms with van der Waals surface area (Å²) in [5, 5.41) is 10.8. The van der Waals surface area contributed by atoms with Gasteiger partial charge in [-0.15, -0.1) is 0 Å². The molecule has 2 unspecified atom stereocenters. The molecule has 2 aliphatic rings. The number of fused-ring (bicyclic) bond motifs is 1. The lowest BCUT2D eigenvalue weighted by atomic mass is 10.0. The minimum atomic E-state index is -0.480. The number of hydrogen-bond acceptors (Lipinski definition) is 4. The van der Waals surface area contributed by atoms with Crippen LogP contribution < -0.4 is 9.47 Å². The van der Waals surface area contributed by atoms with E-state index in [-0.39, 0.29) is 0 Å². The van der Waals surface area contributed by atoms with E-state index >= 15 is 0 Å². The first-order chi connectivity index (χ1) is 16.1. The predicted molar refractivity (Wildman–Crippen MR) is 130 cm³/mol. The van der Waals surface area contributed by atoms with E-state index in [0.29, 0.717) is 31.1 Å². The zero-order valence-electron chi connectivity index (χ0n) is 19.3. The minimum absolute atomic E-state index is 0.318. The molecule has 1 saturated heterocycles. The predicted octanol–water partition coefficient (Wildman–Crippen LogP) is 5.40. The number of aliphatic hydroxyl groups is 1. The first-order valence-electron chi connectivity index (χ1n) is 12.0. The number of aryl methyl sites for hydroxylation is 1. The van der Waals surface area contributed by atoms with E-state index < -0.39 is 6.10 Å². The van der Waals surface area contributed by atoms with Gasteiger partial charge in [0, 0.05) is 19.6 Å². The zero-order valence-corrected chi connectivity index (χ0v) is 19.3. The van der Waals surface area contributed by atoms with Crippen molar-refractivity contribution in [1.82, 2.24) is 4.90 Å². The molecule has 4 nitrogen and oxygen atoms in total. The maximum absolute atomic E-state index is 10.8. The molecule has 4 atom stereocenters. The molecule has 0 radical (unpaired) electrons. The van der Waals surface area contributed by atoms with Crippen LogP contribution in [0.1, 0.15) is 35.6 Å². The van der Waals surface area contributed by atoms with Gasteiger partial charge >= 0.3 is 0 Å². The van der Waals surface area contributed by atoms with E-state index in [1.807, 2.05) is 42.5 Å². The fourth-order valence-corrected chi connectivity index (χ4v) is 5.27. The number of hydrogen-bond donors (Lipinski definition) is 1. The van der Waals surface area contributed by atoms with Crippen LogP contribution in [0.4, 0.5) is 0 Å². The van der Waals surface area contributed by atoms with Crippen LogP contribution in [0, 0.1) is 18.8 Å². The van der Waals surface area contributed by atoms with Gasteiger partial charge < -0.3 is 14.6 Å². The van der Waals surface area contributed by atoms with Gasteiger partial charge in [0.15, 0.2) is 0 Å². The Hall–Kier alpha value is -2.82. The first kappa shape index (κ1) is 22.0. The van der Waals surface area contributed by atoms with Gasteiger partial charge in [0.05, 0.1) is 12.2 Å². The summed E-state index contributed by atoms with van der Waals surface area (Å²) in [4.78, 5) is 2.42. The summed E-state index contributed by atoms with van der Waals surface area (Å²) in [5.41, 5.74) is 3.35. The Kier molecular flexibility index (Phi) is 6.65. The van der Waals surface area contributed by atoms with Crippen molar-refractivity contribution in [3.05, 3.63) is 95.6 Å². The molecule has 0 spiro atoms. The van der Waals surface area contributed by atoms with Crippen molar-refractivity contribution in [2.75, 3.05) is 19.6 Å². The van der Waals surface area contributed by atoms with Gasteiger partial charge in [0.25, 0.3) is 0 Å². The average molecular weight is 444 g/mol. The Labute approximate surface area is 196 Å². The summed E-state index contributed by atoms with van der Waals surface area (Å²) in [5.74, 6) is 3.14. The molecular weight excluding hydrogens is 410 g/mol. The second-order valence-corrected chi connectivity index (χ2v) is 9.62. The molecule has 1 heterocycles. The van der Waals surface area contributed by atoms with Gasteiger partial charge in [0.1, 0.15) is 18.1 Å². The fraction of sp³-hybridized carbons (Fsp3) is 0.379. The molecule has 4 heteroatoms. The standard InChI is InChI=1S/C29H33NO3/c1-21-7-11-27(12-8-21)33-28-15-24-17-30(18-25(24)16-28)19-29(31)23-9-13-26(14-10-23)32-20-22-5-3-2-4-6-22/h2-14,24-25,28-29,31H,15-20H2,1H3/t24-,25+,28?,29?. The van der Waals surface area contributed by atoms with Crippen molar-refractivity contribution in [2.24, 2.45) is 11.8 Å². The maximum Gasteiger partial charge on any atom is 0.119 e. The molecule has 1 aliphatic carbocycles. The third kappa shape index (κ3) is 5.58. The molecule has 5 rings (SSSR count). The zero-order chi connectivity index (χ0) is 22.6. The van der Waals surface area contributed by atoms with E-state index in [1.165, 1.54) is 5.56 Å². The van der Waals surface area contributed by atoms with E-state index in [9.17, 15) is 5.11 Å². The van der Waals surface area contributed by atoms with Crippen LogP contribution in [0.3, 0.4) is 0 Å². The number of nitrogens with zero attached hydrogens (tertiary/aromatic N) is 1. The SMILES string of the molecule is Cc1ccc(OC2C[C@@H]3CN(CC(O)c4ccc(OCc5ccccc5)cc4)C[C@@H]3C2)cc1. The molecule has 1 N–H and O–H groups in total. The molecule has 1 saturated carbocycles. The van der Waals surface area contributed by atoms with Crippen molar-refractivity contribution in [1.29, 1.82) is 0 Å². The highest BCUT2D eigenvalue weighted by atomic mass is 16.5. The van der Waals surface area contributed by atoms with Crippen molar-refractivity contribution >= 4 is 0 Å². The lowest BCUT2D eigenvalue weighted by molar-refractivity contribution is 0.116. The van der Waals surface area contributed by atoms with Crippen LogP contribution in [0.15, 0.2) is 78.9 Å². The van der Waals surface area contributed by atoms with Gasteiger partial charge in [-0.2, -0.15) is 0 Å². The van der Waals surface area contributed by atoms with Crippen molar-refractivity contribution in [2.45, 2.75) is 38.6 Å². The van der Waals surface area contributed by atoms with E-state index in [0.717, 1.165) is 48.6 Å². The Morgan fingerprint density at radius 3 is 2.15 bits per heavy atom. The fourth-order valence-electron chi connectivity index (χ4n) is 5.27. The number of β-amino-alcohol motifs (C(OH)–C–C–N with tert-alkyl or cyclic N) is 1. The summed E-state index contributed by atoms with van der Waals surface area (Å²) in [6, 6.07) is 26.4. The van der Waals surface area contributed by atoms with Crippen molar-refractivity contribution in [3.63, 3.8) is 0 Å². The van der Waals surface area contributed by atoms with Crippen LogP contribution in [-0.4, -0.2) is 35.7 Å². The number of rotatable bonds is 8. The highest BCUT2D eigenvalue weighted by Gasteiger charge is 2.42. The molecule has 0 bridgehead atoms. The second kappa shape index (κ2) is 9.98. The molecule has 0 aromatic heterocycles. The van der Waals surface area contributed by atoms with Gasteiger partial charge in [-0.1, -0.05) is 60.2 Å². The lowest BCUT2D eigenvalue weighted by Crippen LogP contribution is -2.28. The van der Waals surface area contributed by atoms with Crippen LogP contribution in [0.5, 0.6) is 11.5 Å². The monoisotopic (exact) mass is 443 g/mol. The van der Waals surface area contributed by atoms with E-state index in [4.69, 9.17) is 9.47 Å². The Balaban J connectivity index is 1.08. The molecule has 3 aromatic carbocycles. The highest BCUT2D eigenvalue weighted by Crippen LogP contribution is 2.40.